The summed E-state index contributed by atoms with van der Waals surface area (Å²) in [6.07, 6.45) is 2.59. The number of nitrogens with zero attached hydrogens (tertiary/aromatic N) is 2. The smallest absolute Gasteiger partial charge is 0.253 e. The molecule has 0 bridgehead atoms. The van der Waals surface area contributed by atoms with Crippen molar-refractivity contribution in [2.75, 3.05) is 13.6 Å². The first-order valence-electron chi connectivity index (χ1n) is 5.72. The number of halogens is 1. The fraction of sp³-hybridized carbons (Fsp3) is 0.417. The Hall–Kier alpha value is -1.62. The number of piperidine rings is 1. The van der Waals surface area contributed by atoms with Crippen LogP contribution in [-0.2, 0) is 4.79 Å². The fourth-order valence-corrected chi connectivity index (χ4v) is 2.02. The van der Waals surface area contributed by atoms with E-state index in [9.17, 15) is 9.59 Å². The summed E-state index contributed by atoms with van der Waals surface area (Å²) in [5.41, 5.74) is 0.471. The Bertz CT molecular complexity index is 461. The van der Waals surface area contributed by atoms with Crippen LogP contribution < -0.4 is 5.32 Å². The highest BCUT2D eigenvalue weighted by Crippen LogP contribution is 2.11. The molecule has 1 aliphatic heterocycles. The van der Waals surface area contributed by atoms with Crippen LogP contribution in [0.25, 0.3) is 0 Å². The van der Waals surface area contributed by atoms with Crippen molar-refractivity contribution >= 4 is 23.4 Å². The molecule has 1 N–H and O–H groups in total. The van der Waals surface area contributed by atoms with Gasteiger partial charge < -0.3 is 10.2 Å². The van der Waals surface area contributed by atoms with Crippen molar-refractivity contribution in [1.82, 2.24) is 15.2 Å². The van der Waals surface area contributed by atoms with Crippen molar-refractivity contribution in [3.05, 3.63) is 29.0 Å². The van der Waals surface area contributed by atoms with Crippen molar-refractivity contribution in [3.8, 4) is 0 Å². The van der Waals surface area contributed by atoms with Crippen LogP contribution in [0.1, 0.15) is 23.2 Å². The number of hydrogen-bond acceptors (Lipinski definition) is 3. The second-order valence-electron chi connectivity index (χ2n) is 4.35. The first-order chi connectivity index (χ1) is 8.56. The number of amides is 2. The summed E-state index contributed by atoms with van der Waals surface area (Å²) in [6.45, 7) is 0.547. The van der Waals surface area contributed by atoms with Crippen LogP contribution in [-0.4, -0.2) is 41.3 Å². The van der Waals surface area contributed by atoms with E-state index in [0.29, 0.717) is 30.1 Å². The van der Waals surface area contributed by atoms with Crippen LogP contribution in [0.5, 0.6) is 0 Å². The topological polar surface area (TPSA) is 62.3 Å². The summed E-state index contributed by atoms with van der Waals surface area (Å²) in [5, 5.41) is 3.25. The van der Waals surface area contributed by atoms with Crippen LogP contribution in [0, 0.1) is 0 Å². The van der Waals surface area contributed by atoms with Crippen molar-refractivity contribution in [2.24, 2.45) is 0 Å². The van der Waals surface area contributed by atoms with E-state index >= 15 is 0 Å². The number of nitrogens with one attached hydrogen (secondary N) is 1. The molecule has 1 fully saturated rings. The molecule has 2 heterocycles. The van der Waals surface area contributed by atoms with Gasteiger partial charge in [0, 0.05) is 32.3 Å². The lowest BCUT2D eigenvalue weighted by Gasteiger charge is -2.30. The Morgan fingerprint density at radius 3 is 2.94 bits per heavy atom. The summed E-state index contributed by atoms with van der Waals surface area (Å²) in [7, 11) is 1.74. The average Bonchev–Trinajstić information content (AvgIpc) is 2.34. The zero-order valence-corrected chi connectivity index (χ0v) is 10.8. The van der Waals surface area contributed by atoms with E-state index in [2.05, 4.69) is 10.3 Å². The van der Waals surface area contributed by atoms with Gasteiger partial charge in [-0.25, -0.2) is 4.98 Å². The molecule has 0 saturated carbocycles. The molecule has 0 aromatic carbocycles. The third kappa shape index (κ3) is 2.98. The van der Waals surface area contributed by atoms with E-state index in [1.54, 1.807) is 24.1 Å². The van der Waals surface area contributed by atoms with E-state index < -0.39 is 0 Å². The average molecular weight is 268 g/mol. The van der Waals surface area contributed by atoms with Gasteiger partial charge in [-0.1, -0.05) is 11.6 Å². The van der Waals surface area contributed by atoms with Crippen LogP contribution in [0.3, 0.4) is 0 Å². The van der Waals surface area contributed by atoms with Gasteiger partial charge in [-0.3, -0.25) is 9.59 Å². The zero-order valence-electron chi connectivity index (χ0n) is 10.0. The zero-order chi connectivity index (χ0) is 13.1. The normalized spacial score (nSPS) is 19.8. The van der Waals surface area contributed by atoms with Crippen molar-refractivity contribution < 1.29 is 9.59 Å². The summed E-state index contributed by atoms with van der Waals surface area (Å²) < 4.78 is 0. The Labute approximate surface area is 110 Å². The lowest BCUT2D eigenvalue weighted by atomic mass is 10.1. The third-order valence-electron chi connectivity index (χ3n) is 2.95. The monoisotopic (exact) mass is 267 g/mol. The van der Waals surface area contributed by atoms with Crippen molar-refractivity contribution in [2.45, 2.75) is 18.9 Å². The van der Waals surface area contributed by atoms with Gasteiger partial charge in [0.05, 0.1) is 5.56 Å². The molecule has 18 heavy (non-hydrogen) atoms. The van der Waals surface area contributed by atoms with Crippen molar-refractivity contribution in [3.63, 3.8) is 0 Å². The summed E-state index contributed by atoms with van der Waals surface area (Å²) in [4.78, 5) is 28.7. The number of hydrogen-bond donors (Lipinski definition) is 1. The summed E-state index contributed by atoms with van der Waals surface area (Å²) >= 11 is 5.66. The van der Waals surface area contributed by atoms with Gasteiger partial charge >= 0.3 is 0 Å². The van der Waals surface area contributed by atoms with Gasteiger partial charge in [-0.15, -0.1) is 0 Å². The van der Waals surface area contributed by atoms with Gasteiger partial charge in [-0.2, -0.15) is 0 Å². The number of carbonyl (C=O) groups excluding carboxylic acids is 2. The number of likely N-dealkylation sites (tertiary alicyclic amines) is 1. The minimum Gasteiger partial charge on any atom is -0.347 e. The van der Waals surface area contributed by atoms with Gasteiger partial charge in [-0.05, 0) is 18.6 Å². The highest BCUT2D eigenvalue weighted by atomic mass is 35.5. The Morgan fingerprint density at radius 2 is 2.33 bits per heavy atom. The van der Waals surface area contributed by atoms with E-state index in [1.807, 2.05) is 0 Å². The number of aromatic nitrogens is 1. The largest absolute Gasteiger partial charge is 0.347 e. The summed E-state index contributed by atoms with van der Waals surface area (Å²) in [5.74, 6) is -0.0689. The molecular weight excluding hydrogens is 254 g/mol. The predicted molar refractivity (Wildman–Crippen MR) is 67.4 cm³/mol. The van der Waals surface area contributed by atoms with Gasteiger partial charge in [0.25, 0.3) is 5.91 Å². The molecule has 1 unspecified atom stereocenters. The lowest BCUT2D eigenvalue weighted by Crippen LogP contribution is -2.48. The second kappa shape index (κ2) is 5.35. The molecule has 0 aliphatic carbocycles. The Kier molecular flexibility index (Phi) is 3.81. The van der Waals surface area contributed by atoms with Gasteiger partial charge in [0.15, 0.2) is 0 Å². The van der Waals surface area contributed by atoms with Gasteiger partial charge in [0.2, 0.25) is 5.91 Å². The molecule has 96 valence electrons. The fourth-order valence-electron chi connectivity index (χ4n) is 1.91. The van der Waals surface area contributed by atoms with Crippen LogP contribution in [0.15, 0.2) is 18.3 Å². The standard InChI is InChI=1S/C12H14ClN3O2/c1-16-7-9(3-5-11(16)17)15-12(18)8-2-4-10(13)14-6-8/h2,4,6,9H,3,5,7H2,1H3,(H,15,18). The molecule has 1 saturated heterocycles. The van der Waals surface area contributed by atoms with E-state index in [4.69, 9.17) is 11.6 Å². The maximum atomic E-state index is 11.9. The molecule has 1 aromatic heterocycles. The minimum atomic E-state index is -0.188. The predicted octanol–water partition coefficient (Wildman–Crippen LogP) is 1.09. The summed E-state index contributed by atoms with van der Waals surface area (Å²) in [6, 6.07) is 3.20. The van der Waals surface area contributed by atoms with E-state index in [-0.39, 0.29) is 17.9 Å². The second-order valence-corrected chi connectivity index (χ2v) is 4.74. The van der Waals surface area contributed by atoms with E-state index in [0.717, 1.165) is 0 Å². The SMILES string of the molecule is CN1CC(NC(=O)c2ccc(Cl)nc2)CCC1=O. The highest BCUT2D eigenvalue weighted by Gasteiger charge is 2.24. The highest BCUT2D eigenvalue weighted by molar-refractivity contribution is 6.29. The van der Waals surface area contributed by atoms with Crippen LogP contribution in [0.2, 0.25) is 5.15 Å². The molecule has 1 aliphatic rings. The lowest BCUT2D eigenvalue weighted by molar-refractivity contribution is -0.132. The Morgan fingerprint density at radius 1 is 1.56 bits per heavy atom. The van der Waals surface area contributed by atoms with Gasteiger partial charge in [0.1, 0.15) is 5.15 Å². The van der Waals surface area contributed by atoms with Crippen molar-refractivity contribution in [1.29, 1.82) is 0 Å². The maximum Gasteiger partial charge on any atom is 0.253 e. The first-order valence-corrected chi connectivity index (χ1v) is 6.10. The van der Waals surface area contributed by atoms with Crippen LogP contribution in [0.4, 0.5) is 0 Å². The molecular formula is C12H14ClN3O2. The third-order valence-corrected chi connectivity index (χ3v) is 3.18. The molecule has 0 spiro atoms. The number of likely N-dealkylation sites (N-methyl/N-ethyl adjacent to an activating group) is 1. The molecule has 1 aromatic rings. The number of carbonyl (C=O) groups is 2. The minimum absolute atomic E-state index is 0.00382. The first kappa shape index (κ1) is 12.8. The molecule has 2 amide bonds. The van der Waals surface area contributed by atoms with E-state index in [1.165, 1.54) is 6.20 Å². The molecule has 5 nitrogen and oxygen atoms in total. The quantitative estimate of drug-likeness (QED) is 0.816. The number of rotatable bonds is 2. The molecule has 6 heteroatoms. The number of pyridine rings is 1. The molecule has 0 radical (unpaired) electrons. The molecule has 1 atom stereocenters. The maximum absolute atomic E-state index is 11.9. The molecule has 2 rings (SSSR count). The van der Waals surface area contributed by atoms with Crippen LogP contribution >= 0.6 is 11.6 Å². The Balaban J connectivity index is 1.95.